The minimum atomic E-state index is -1.60. The van der Waals surface area contributed by atoms with Crippen molar-refractivity contribution >= 4 is 46.6 Å². The van der Waals surface area contributed by atoms with Gasteiger partial charge in [0.05, 0.1) is 6.67 Å². The minimum absolute atomic E-state index is 0.291. The SMILES string of the molecule is CCN(CNC(=O)OCC(Cl)(Cl)Cl)c1ccccc1. The summed E-state index contributed by atoms with van der Waals surface area (Å²) < 4.78 is 3.17. The van der Waals surface area contributed by atoms with Gasteiger partial charge in [-0.15, -0.1) is 0 Å². The summed E-state index contributed by atoms with van der Waals surface area (Å²) in [6.07, 6.45) is -0.624. The van der Waals surface area contributed by atoms with E-state index in [9.17, 15) is 4.79 Å². The third-order valence-corrected chi connectivity index (χ3v) is 2.61. The molecular weight excluding hydrogens is 311 g/mol. The van der Waals surface area contributed by atoms with Crippen molar-refractivity contribution < 1.29 is 9.53 Å². The van der Waals surface area contributed by atoms with Crippen LogP contribution in [-0.2, 0) is 4.74 Å². The molecule has 1 N–H and O–H groups in total. The predicted octanol–water partition coefficient (Wildman–Crippen LogP) is 3.57. The van der Waals surface area contributed by atoms with E-state index >= 15 is 0 Å². The van der Waals surface area contributed by atoms with Gasteiger partial charge in [-0.1, -0.05) is 53.0 Å². The number of benzene rings is 1. The van der Waals surface area contributed by atoms with Crippen LogP contribution in [0.1, 0.15) is 6.92 Å². The minimum Gasteiger partial charge on any atom is -0.445 e. The Bertz CT molecular complexity index is 396. The molecule has 0 aliphatic heterocycles. The van der Waals surface area contributed by atoms with E-state index in [1.807, 2.05) is 42.2 Å². The number of halogens is 3. The van der Waals surface area contributed by atoms with Crippen molar-refractivity contribution in [3.05, 3.63) is 30.3 Å². The molecule has 106 valence electrons. The summed E-state index contributed by atoms with van der Waals surface area (Å²) in [4.78, 5) is 13.4. The van der Waals surface area contributed by atoms with Gasteiger partial charge in [0.25, 0.3) is 0 Å². The van der Waals surface area contributed by atoms with Gasteiger partial charge in [0.15, 0.2) is 0 Å². The third kappa shape index (κ3) is 6.76. The van der Waals surface area contributed by atoms with Crippen molar-refractivity contribution in [2.45, 2.75) is 10.7 Å². The van der Waals surface area contributed by atoms with Crippen LogP contribution in [0.5, 0.6) is 0 Å². The van der Waals surface area contributed by atoms with Crippen molar-refractivity contribution in [3.63, 3.8) is 0 Å². The van der Waals surface area contributed by atoms with Gasteiger partial charge >= 0.3 is 6.09 Å². The maximum absolute atomic E-state index is 11.4. The molecule has 0 radical (unpaired) electrons. The number of alkyl carbamates (subject to hydrolysis) is 1. The molecule has 0 aromatic heterocycles. The van der Waals surface area contributed by atoms with Gasteiger partial charge in [0.1, 0.15) is 6.61 Å². The van der Waals surface area contributed by atoms with Gasteiger partial charge in [-0.3, -0.25) is 0 Å². The first-order chi connectivity index (χ1) is 8.92. The number of alkyl halides is 3. The van der Waals surface area contributed by atoms with E-state index < -0.39 is 9.89 Å². The Morgan fingerprint density at radius 2 is 1.95 bits per heavy atom. The van der Waals surface area contributed by atoms with Gasteiger partial charge in [-0.2, -0.15) is 0 Å². The van der Waals surface area contributed by atoms with Crippen LogP contribution >= 0.6 is 34.8 Å². The first-order valence-corrected chi connectivity index (χ1v) is 6.83. The molecule has 0 atom stereocenters. The topological polar surface area (TPSA) is 41.6 Å². The van der Waals surface area contributed by atoms with Crippen LogP contribution in [0.3, 0.4) is 0 Å². The van der Waals surface area contributed by atoms with E-state index in [1.165, 1.54) is 0 Å². The Labute approximate surface area is 127 Å². The van der Waals surface area contributed by atoms with Crippen molar-refractivity contribution in [2.24, 2.45) is 0 Å². The van der Waals surface area contributed by atoms with E-state index in [0.717, 1.165) is 12.2 Å². The van der Waals surface area contributed by atoms with Crippen LogP contribution < -0.4 is 10.2 Å². The summed E-state index contributed by atoms with van der Waals surface area (Å²) in [6, 6.07) is 9.70. The van der Waals surface area contributed by atoms with Crippen LogP contribution in [0.25, 0.3) is 0 Å². The van der Waals surface area contributed by atoms with Crippen LogP contribution in [0, 0.1) is 0 Å². The van der Waals surface area contributed by atoms with Crippen LogP contribution in [0.2, 0.25) is 0 Å². The Balaban J connectivity index is 2.40. The molecule has 0 saturated heterocycles. The first-order valence-electron chi connectivity index (χ1n) is 5.69. The number of hydrogen-bond acceptors (Lipinski definition) is 3. The summed E-state index contributed by atoms with van der Waals surface area (Å²) in [6.45, 7) is 2.76. The molecule has 0 fully saturated rings. The van der Waals surface area contributed by atoms with E-state index in [1.54, 1.807) is 0 Å². The molecule has 0 spiro atoms. The summed E-state index contributed by atoms with van der Waals surface area (Å²) in [7, 11) is 0. The lowest BCUT2D eigenvalue weighted by atomic mass is 10.3. The Kier molecular flexibility index (Phi) is 6.55. The Morgan fingerprint density at radius 1 is 1.32 bits per heavy atom. The van der Waals surface area contributed by atoms with Crippen LogP contribution in [0.15, 0.2) is 30.3 Å². The van der Waals surface area contributed by atoms with E-state index in [4.69, 9.17) is 39.5 Å². The first kappa shape index (κ1) is 16.2. The summed E-state index contributed by atoms with van der Waals surface area (Å²) in [5.74, 6) is 0. The molecule has 1 amide bonds. The summed E-state index contributed by atoms with van der Waals surface area (Å²) in [5, 5.41) is 2.59. The molecule has 19 heavy (non-hydrogen) atoms. The number of carbonyl (C=O) groups excluding carboxylic acids is 1. The van der Waals surface area contributed by atoms with E-state index in [2.05, 4.69) is 5.32 Å². The Morgan fingerprint density at radius 3 is 2.47 bits per heavy atom. The van der Waals surface area contributed by atoms with Crippen molar-refractivity contribution in [1.82, 2.24) is 5.32 Å². The van der Waals surface area contributed by atoms with E-state index in [0.29, 0.717) is 6.67 Å². The molecule has 4 nitrogen and oxygen atoms in total. The number of amides is 1. The summed E-state index contributed by atoms with van der Waals surface area (Å²) >= 11 is 16.4. The molecular formula is C12H15Cl3N2O2. The monoisotopic (exact) mass is 324 g/mol. The smallest absolute Gasteiger partial charge is 0.408 e. The highest BCUT2D eigenvalue weighted by atomic mass is 35.6. The average Bonchev–Trinajstić information content (AvgIpc) is 2.37. The van der Waals surface area contributed by atoms with Gasteiger partial charge in [-0.25, -0.2) is 4.79 Å². The molecule has 1 aromatic rings. The zero-order chi connectivity index (χ0) is 14.3. The standard InChI is InChI=1S/C12H15Cl3N2O2/c1-2-17(10-6-4-3-5-7-10)9-16-11(18)19-8-12(13,14)15/h3-7H,2,8-9H2,1H3,(H,16,18). The highest BCUT2D eigenvalue weighted by Crippen LogP contribution is 2.25. The number of hydrogen-bond donors (Lipinski definition) is 1. The molecule has 1 aromatic carbocycles. The lowest BCUT2D eigenvalue weighted by Gasteiger charge is -2.23. The van der Waals surface area contributed by atoms with Gasteiger partial charge < -0.3 is 15.0 Å². The molecule has 0 aliphatic rings. The van der Waals surface area contributed by atoms with Gasteiger partial charge in [0, 0.05) is 12.2 Å². The zero-order valence-corrected chi connectivity index (χ0v) is 12.7. The third-order valence-electron chi connectivity index (χ3n) is 2.28. The normalized spacial score (nSPS) is 10.9. The number of anilines is 1. The molecule has 1 rings (SSSR count). The number of rotatable bonds is 5. The molecule has 0 heterocycles. The quantitative estimate of drug-likeness (QED) is 0.665. The number of ether oxygens (including phenoxy) is 1. The molecule has 0 bridgehead atoms. The van der Waals surface area contributed by atoms with Gasteiger partial charge in [0.2, 0.25) is 3.79 Å². The second-order valence-corrected chi connectivity index (χ2v) is 6.23. The Hall–Kier alpha value is -0.840. The lowest BCUT2D eigenvalue weighted by molar-refractivity contribution is 0.148. The maximum atomic E-state index is 11.4. The van der Waals surface area contributed by atoms with Crippen molar-refractivity contribution in [3.8, 4) is 0 Å². The van der Waals surface area contributed by atoms with Crippen molar-refractivity contribution in [2.75, 3.05) is 24.7 Å². The fraction of sp³-hybridized carbons (Fsp3) is 0.417. The molecule has 0 unspecified atom stereocenters. The number of para-hydroxylation sites is 1. The predicted molar refractivity (Wildman–Crippen MR) is 79.1 cm³/mol. The zero-order valence-electron chi connectivity index (χ0n) is 10.4. The largest absolute Gasteiger partial charge is 0.445 e. The summed E-state index contributed by atoms with van der Waals surface area (Å²) in [5.41, 5.74) is 1.01. The van der Waals surface area contributed by atoms with Crippen LogP contribution in [0.4, 0.5) is 10.5 Å². The fourth-order valence-corrected chi connectivity index (χ4v) is 1.55. The number of nitrogens with zero attached hydrogens (tertiary/aromatic N) is 1. The van der Waals surface area contributed by atoms with Crippen LogP contribution in [-0.4, -0.2) is 29.7 Å². The molecule has 0 aliphatic carbocycles. The highest BCUT2D eigenvalue weighted by Gasteiger charge is 2.22. The lowest BCUT2D eigenvalue weighted by Crippen LogP contribution is -2.38. The second-order valence-electron chi connectivity index (χ2n) is 3.72. The molecule has 7 heteroatoms. The fourth-order valence-electron chi connectivity index (χ4n) is 1.38. The second kappa shape index (κ2) is 7.68. The number of nitrogens with one attached hydrogen (secondary N) is 1. The number of carbonyl (C=O) groups is 1. The highest BCUT2D eigenvalue weighted by molar-refractivity contribution is 6.67. The maximum Gasteiger partial charge on any atom is 0.408 e. The molecule has 0 saturated carbocycles. The van der Waals surface area contributed by atoms with Crippen molar-refractivity contribution in [1.29, 1.82) is 0 Å². The van der Waals surface area contributed by atoms with E-state index in [-0.39, 0.29) is 6.61 Å². The average molecular weight is 326 g/mol. The van der Waals surface area contributed by atoms with Gasteiger partial charge in [-0.05, 0) is 19.1 Å².